The Hall–Kier alpha value is -2.28. The zero-order chi connectivity index (χ0) is 19.9. The average molecular weight is 404 g/mol. The Morgan fingerprint density at radius 3 is 2.68 bits per heavy atom. The van der Waals surface area contributed by atoms with Crippen LogP contribution in [0.2, 0.25) is 0 Å². The second-order valence-electron chi connectivity index (χ2n) is 7.26. The molecule has 2 aromatic heterocycles. The van der Waals surface area contributed by atoms with Crippen LogP contribution in [-0.4, -0.2) is 27.8 Å². The number of H-pyrrole nitrogens is 1. The zero-order valence-electron chi connectivity index (χ0n) is 15.8. The Balaban J connectivity index is 1.78. The second-order valence-corrected chi connectivity index (χ2v) is 8.14. The van der Waals surface area contributed by atoms with Crippen molar-refractivity contribution >= 4 is 22.7 Å². The molecule has 1 fully saturated rings. The van der Waals surface area contributed by atoms with Crippen LogP contribution in [0.25, 0.3) is 22.0 Å². The third-order valence-electron chi connectivity index (χ3n) is 5.33. The van der Waals surface area contributed by atoms with Gasteiger partial charge in [-0.1, -0.05) is 0 Å². The van der Waals surface area contributed by atoms with Gasteiger partial charge in [0.1, 0.15) is 11.3 Å². The van der Waals surface area contributed by atoms with Crippen LogP contribution < -0.4 is 10.3 Å². The topological polar surface area (TPSA) is 47.0 Å². The Morgan fingerprint density at radius 2 is 1.96 bits per heavy atom. The molecule has 4 rings (SSSR count). The van der Waals surface area contributed by atoms with Gasteiger partial charge in [0.2, 0.25) is 5.92 Å². The highest BCUT2D eigenvalue weighted by Crippen LogP contribution is 2.40. The van der Waals surface area contributed by atoms with Crippen LogP contribution in [0.3, 0.4) is 0 Å². The summed E-state index contributed by atoms with van der Waals surface area (Å²) in [5.41, 5.74) is 2.19. The molecular weight excluding hydrogens is 382 g/mol. The van der Waals surface area contributed by atoms with Gasteiger partial charge in [-0.3, -0.25) is 4.79 Å². The molecule has 0 amide bonds. The van der Waals surface area contributed by atoms with E-state index in [4.69, 9.17) is 4.74 Å². The van der Waals surface area contributed by atoms with E-state index in [2.05, 4.69) is 4.98 Å². The van der Waals surface area contributed by atoms with Crippen molar-refractivity contribution in [2.75, 3.05) is 6.26 Å². The number of halogens is 2. The first-order valence-corrected chi connectivity index (χ1v) is 10.5. The number of aromatic amines is 1. The predicted molar refractivity (Wildman–Crippen MR) is 109 cm³/mol. The zero-order valence-corrected chi connectivity index (χ0v) is 16.6. The van der Waals surface area contributed by atoms with Gasteiger partial charge in [-0.15, -0.1) is 11.8 Å². The fourth-order valence-electron chi connectivity index (χ4n) is 3.74. The van der Waals surface area contributed by atoms with Crippen LogP contribution in [0.5, 0.6) is 5.75 Å². The first kappa shape index (κ1) is 19.1. The highest BCUT2D eigenvalue weighted by Gasteiger charge is 2.36. The molecule has 1 aromatic carbocycles. The summed E-state index contributed by atoms with van der Waals surface area (Å²) in [4.78, 5) is 16.5. The molecule has 1 aliphatic rings. The molecule has 0 aliphatic heterocycles. The molecule has 1 N–H and O–H groups in total. The maximum absolute atomic E-state index is 13.5. The van der Waals surface area contributed by atoms with E-state index >= 15 is 0 Å². The quantitative estimate of drug-likeness (QED) is 0.607. The second kappa shape index (κ2) is 7.28. The first-order valence-electron chi connectivity index (χ1n) is 9.27. The van der Waals surface area contributed by atoms with Gasteiger partial charge in [-0.05, 0) is 43.4 Å². The normalized spacial score (nSPS) is 17.1. The van der Waals surface area contributed by atoms with Gasteiger partial charge >= 0.3 is 0 Å². The minimum Gasteiger partial charge on any atom is -0.490 e. The van der Waals surface area contributed by atoms with Crippen molar-refractivity contribution in [3.63, 3.8) is 0 Å². The molecule has 0 bridgehead atoms. The number of benzene rings is 1. The Labute approximate surface area is 165 Å². The molecule has 28 heavy (non-hydrogen) atoms. The minimum atomic E-state index is -2.58. The van der Waals surface area contributed by atoms with Gasteiger partial charge in [0.05, 0.1) is 6.10 Å². The van der Waals surface area contributed by atoms with Crippen molar-refractivity contribution in [3.05, 3.63) is 47.0 Å². The van der Waals surface area contributed by atoms with Crippen molar-refractivity contribution in [1.29, 1.82) is 0 Å². The molecule has 7 heteroatoms. The molecule has 4 nitrogen and oxygen atoms in total. The van der Waals surface area contributed by atoms with Gasteiger partial charge < -0.3 is 14.3 Å². The van der Waals surface area contributed by atoms with E-state index in [1.165, 1.54) is 0 Å². The van der Waals surface area contributed by atoms with Crippen molar-refractivity contribution in [2.24, 2.45) is 7.05 Å². The number of fused-ring (bicyclic) bond motifs is 1. The van der Waals surface area contributed by atoms with E-state index < -0.39 is 5.92 Å². The van der Waals surface area contributed by atoms with Gasteiger partial charge in [0.15, 0.2) is 0 Å². The monoisotopic (exact) mass is 404 g/mol. The lowest BCUT2D eigenvalue weighted by molar-refractivity contribution is -0.0581. The highest BCUT2D eigenvalue weighted by atomic mass is 32.2. The maximum atomic E-state index is 13.5. The molecule has 0 unspecified atom stereocenters. The molecule has 0 saturated heterocycles. The summed E-state index contributed by atoms with van der Waals surface area (Å²) in [6.45, 7) is 0. The number of rotatable bonds is 4. The lowest BCUT2D eigenvalue weighted by atomic mass is 9.94. The number of aromatic nitrogens is 2. The SMILES string of the molecule is CSc1ccc(OC2CCC(F)(F)CC2)c(-c2cn(C)c(=O)c3[nH]ccc23)c1. The van der Waals surface area contributed by atoms with Gasteiger partial charge in [0.25, 0.3) is 5.56 Å². The van der Waals surface area contributed by atoms with Crippen LogP contribution in [0.4, 0.5) is 8.78 Å². The molecule has 2 heterocycles. The summed E-state index contributed by atoms with van der Waals surface area (Å²) in [6.07, 6.45) is 5.71. The lowest BCUT2D eigenvalue weighted by Gasteiger charge is -2.29. The van der Waals surface area contributed by atoms with E-state index in [1.54, 1.807) is 35.8 Å². The minimum absolute atomic E-state index is 0.0956. The van der Waals surface area contributed by atoms with Crippen molar-refractivity contribution in [1.82, 2.24) is 9.55 Å². The van der Waals surface area contributed by atoms with E-state index in [0.717, 1.165) is 21.4 Å². The van der Waals surface area contributed by atoms with Crippen molar-refractivity contribution in [2.45, 2.75) is 42.6 Å². The van der Waals surface area contributed by atoms with Crippen LogP contribution in [0.15, 0.2) is 46.3 Å². The summed E-state index contributed by atoms with van der Waals surface area (Å²) >= 11 is 1.62. The fraction of sp³-hybridized carbons (Fsp3) is 0.381. The molecule has 0 atom stereocenters. The number of ether oxygens (including phenoxy) is 1. The highest BCUT2D eigenvalue weighted by molar-refractivity contribution is 7.98. The molecule has 1 aliphatic carbocycles. The third-order valence-corrected chi connectivity index (χ3v) is 6.05. The largest absolute Gasteiger partial charge is 0.490 e. The molecule has 1 saturated carbocycles. The van der Waals surface area contributed by atoms with Crippen molar-refractivity contribution in [3.8, 4) is 16.9 Å². The number of thioether (sulfide) groups is 1. The van der Waals surface area contributed by atoms with E-state index in [1.807, 2.05) is 30.5 Å². The summed E-state index contributed by atoms with van der Waals surface area (Å²) in [5.74, 6) is -1.92. The summed E-state index contributed by atoms with van der Waals surface area (Å²) in [5, 5.41) is 0.821. The van der Waals surface area contributed by atoms with Gasteiger partial charge in [0, 0.05) is 53.7 Å². The maximum Gasteiger partial charge on any atom is 0.274 e. The van der Waals surface area contributed by atoms with E-state index in [0.29, 0.717) is 24.1 Å². The van der Waals surface area contributed by atoms with E-state index in [9.17, 15) is 13.6 Å². The number of alkyl halides is 2. The average Bonchev–Trinajstić information content (AvgIpc) is 3.17. The first-order chi connectivity index (χ1) is 13.4. The predicted octanol–water partition coefficient (Wildman–Crippen LogP) is 5.21. The number of pyridine rings is 1. The molecule has 148 valence electrons. The molecule has 0 spiro atoms. The Bertz CT molecular complexity index is 1060. The lowest BCUT2D eigenvalue weighted by Crippen LogP contribution is -2.30. The molecule has 3 aromatic rings. The van der Waals surface area contributed by atoms with Crippen molar-refractivity contribution < 1.29 is 13.5 Å². The molecule has 0 radical (unpaired) electrons. The number of nitrogens with zero attached hydrogens (tertiary/aromatic N) is 1. The number of aryl methyl sites for hydroxylation is 1. The van der Waals surface area contributed by atoms with Crippen LogP contribution >= 0.6 is 11.8 Å². The number of hydrogen-bond donors (Lipinski definition) is 1. The fourth-order valence-corrected chi connectivity index (χ4v) is 4.18. The van der Waals surface area contributed by atoms with Gasteiger partial charge in [-0.25, -0.2) is 8.78 Å². The number of nitrogens with one attached hydrogen (secondary N) is 1. The Kier molecular flexibility index (Phi) is 4.95. The van der Waals surface area contributed by atoms with E-state index in [-0.39, 0.29) is 24.5 Å². The van der Waals surface area contributed by atoms with Crippen LogP contribution in [0, 0.1) is 0 Å². The third kappa shape index (κ3) is 3.55. The Morgan fingerprint density at radius 1 is 1.21 bits per heavy atom. The summed E-state index contributed by atoms with van der Waals surface area (Å²) in [7, 11) is 1.72. The van der Waals surface area contributed by atoms with Crippen LogP contribution in [0.1, 0.15) is 25.7 Å². The number of hydrogen-bond acceptors (Lipinski definition) is 3. The standard InChI is InChI=1S/C21H22F2N2O2S/c1-25-12-17(15-7-10-24-19(15)20(25)26)16-11-14(28-2)3-4-18(16)27-13-5-8-21(22,23)9-6-13/h3-4,7,10-13,24H,5-6,8-9H2,1-2H3. The van der Waals surface area contributed by atoms with Crippen LogP contribution in [-0.2, 0) is 7.05 Å². The molecular formula is C21H22F2N2O2S. The van der Waals surface area contributed by atoms with Gasteiger partial charge in [-0.2, -0.15) is 0 Å². The summed E-state index contributed by atoms with van der Waals surface area (Å²) < 4.78 is 34.7. The smallest absolute Gasteiger partial charge is 0.274 e. The summed E-state index contributed by atoms with van der Waals surface area (Å²) in [6, 6.07) is 7.78.